The topological polar surface area (TPSA) is 35.6 Å². The second-order valence-corrected chi connectivity index (χ2v) is 7.35. The summed E-state index contributed by atoms with van der Waals surface area (Å²) < 4.78 is 13.1. The van der Waals surface area contributed by atoms with Crippen LogP contribution in [-0.2, 0) is 11.2 Å². The van der Waals surface area contributed by atoms with E-state index in [0.29, 0.717) is 12.1 Å². The zero-order chi connectivity index (χ0) is 17.5. The van der Waals surface area contributed by atoms with Crippen LogP contribution in [0.2, 0.25) is 0 Å². The van der Waals surface area contributed by atoms with Gasteiger partial charge in [0.1, 0.15) is 5.82 Å². The summed E-state index contributed by atoms with van der Waals surface area (Å²) in [6, 6.07) is 10.3. The summed E-state index contributed by atoms with van der Waals surface area (Å²) in [5.74, 6) is -0.401. The summed E-state index contributed by atoms with van der Waals surface area (Å²) in [6.45, 7) is 5.96. The van der Waals surface area contributed by atoms with E-state index in [1.54, 1.807) is 12.1 Å². The first kappa shape index (κ1) is 18.0. The molecule has 0 atom stereocenters. The number of benzene rings is 1. The van der Waals surface area contributed by atoms with Crippen LogP contribution in [0.5, 0.6) is 0 Å². The molecule has 2 aromatic rings. The van der Waals surface area contributed by atoms with Gasteiger partial charge in [-0.2, -0.15) is 0 Å². The van der Waals surface area contributed by atoms with Crippen molar-refractivity contribution in [3.8, 4) is 0 Å². The predicted octanol–water partition coefficient (Wildman–Crippen LogP) is 3.08. The first-order valence-corrected chi connectivity index (χ1v) is 9.59. The van der Waals surface area contributed by atoms with Crippen LogP contribution in [0.3, 0.4) is 0 Å². The average Bonchev–Trinajstić information content (AvgIpc) is 3.13. The van der Waals surface area contributed by atoms with E-state index in [4.69, 9.17) is 0 Å². The zero-order valence-corrected chi connectivity index (χ0v) is 15.1. The molecule has 1 aliphatic heterocycles. The number of amides is 1. The molecular formula is C19H24FN3OS. The van der Waals surface area contributed by atoms with Crippen molar-refractivity contribution in [2.75, 3.05) is 44.6 Å². The maximum atomic E-state index is 13.1. The Labute approximate surface area is 152 Å². The lowest BCUT2D eigenvalue weighted by Gasteiger charge is -2.34. The van der Waals surface area contributed by atoms with Gasteiger partial charge < -0.3 is 15.1 Å². The largest absolute Gasteiger partial charge is 0.326 e. The monoisotopic (exact) mass is 361 g/mol. The predicted molar refractivity (Wildman–Crippen MR) is 101 cm³/mol. The van der Waals surface area contributed by atoms with E-state index < -0.39 is 0 Å². The van der Waals surface area contributed by atoms with Crippen molar-refractivity contribution in [2.24, 2.45) is 0 Å². The van der Waals surface area contributed by atoms with Gasteiger partial charge >= 0.3 is 0 Å². The highest BCUT2D eigenvalue weighted by molar-refractivity contribution is 7.09. The molecule has 134 valence electrons. The number of piperazine rings is 1. The second-order valence-electron chi connectivity index (χ2n) is 6.32. The van der Waals surface area contributed by atoms with Crippen LogP contribution in [-0.4, -0.2) is 55.0 Å². The van der Waals surface area contributed by atoms with Crippen molar-refractivity contribution < 1.29 is 9.18 Å². The SMILES string of the molecule is O=C(CCN1CCN(CCc2cccs2)CC1)Nc1cccc(F)c1. The molecule has 2 heterocycles. The number of thiophene rings is 1. The molecule has 0 spiro atoms. The number of carbonyl (C=O) groups excluding carboxylic acids is 1. The van der Waals surface area contributed by atoms with E-state index in [9.17, 15) is 9.18 Å². The highest BCUT2D eigenvalue weighted by atomic mass is 32.1. The fourth-order valence-electron chi connectivity index (χ4n) is 3.01. The summed E-state index contributed by atoms with van der Waals surface area (Å²) in [4.78, 5) is 18.3. The fourth-order valence-corrected chi connectivity index (χ4v) is 3.71. The van der Waals surface area contributed by atoms with Crippen molar-refractivity contribution in [1.29, 1.82) is 0 Å². The number of hydrogen-bond acceptors (Lipinski definition) is 4. The van der Waals surface area contributed by atoms with E-state index in [2.05, 4.69) is 32.6 Å². The maximum Gasteiger partial charge on any atom is 0.225 e. The number of rotatable bonds is 7. The van der Waals surface area contributed by atoms with Gasteiger partial charge in [0.05, 0.1) is 0 Å². The Balaban J connectivity index is 1.32. The van der Waals surface area contributed by atoms with Gasteiger partial charge in [-0.05, 0) is 36.1 Å². The molecule has 1 amide bonds. The first-order valence-electron chi connectivity index (χ1n) is 8.71. The molecule has 0 bridgehead atoms. The molecule has 6 heteroatoms. The minimum atomic E-state index is -0.337. The quantitative estimate of drug-likeness (QED) is 0.823. The molecule has 3 rings (SSSR count). The molecule has 1 aromatic heterocycles. The van der Waals surface area contributed by atoms with Crippen molar-refractivity contribution in [2.45, 2.75) is 12.8 Å². The number of anilines is 1. The number of hydrogen-bond donors (Lipinski definition) is 1. The molecule has 4 nitrogen and oxygen atoms in total. The smallest absolute Gasteiger partial charge is 0.225 e. The summed E-state index contributed by atoms with van der Waals surface area (Å²) in [5.41, 5.74) is 0.517. The standard InChI is InChI=1S/C19H24FN3OS/c20-16-3-1-4-17(15-16)21-19(24)7-9-23-12-10-22(11-13-23)8-6-18-5-2-14-25-18/h1-5,14-15H,6-13H2,(H,21,24). The van der Waals surface area contributed by atoms with Gasteiger partial charge in [0.2, 0.25) is 5.91 Å². The molecule has 1 fully saturated rings. The Bertz CT molecular complexity index is 669. The molecule has 0 saturated carbocycles. The van der Waals surface area contributed by atoms with Gasteiger partial charge in [-0.1, -0.05) is 12.1 Å². The molecule has 0 aliphatic carbocycles. The highest BCUT2D eigenvalue weighted by Crippen LogP contribution is 2.12. The van der Waals surface area contributed by atoms with Crippen LogP contribution >= 0.6 is 11.3 Å². The Kier molecular flexibility index (Phi) is 6.55. The van der Waals surface area contributed by atoms with Crippen molar-refractivity contribution >= 4 is 22.9 Å². The van der Waals surface area contributed by atoms with Crippen LogP contribution in [0.4, 0.5) is 10.1 Å². The van der Waals surface area contributed by atoms with Gasteiger partial charge in [0.25, 0.3) is 0 Å². The maximum absolute atomic E-state index is 13.1. The number of nitrogens with one attached hydrogen (secondary N) is 1. The van der Waals surface area contributed by atoms with Gasteiger partial charge in [0.15, 0.2) is 0 Å². The van der Waals surface area contributed by atoms with Gasteiger partial charge in [-0.15, -0.1) is 11.3 Å². The molecule has 1 aromatic carbocycles. The zero-order valence-electron chi connectivity index (χ0n) is 14.3. The van der Waals surface area contributed by atoms with Gasteiger partial charge in [-0.3, -0.25) is 4.79 Å². The van der Waals surface area contributed by atoms with E-state index in [0.717, 1.165) is 45.7 Å². The van der Waals surface area contributed by atoms with Crippen molar-refractivity contribution in [1.82, 2.24) is 9.80 Å². The average molecular weight is 361 g/mol. The normalized spacial score (nSPS) is 16.0. The molecule has 1 saturated heterocycles. The molecule has 25 heavy (non-hydrogen) atoms. The van der Waals surface area contributed by atoms with Crippen LogP contribution in [0.1, 0.15) is 11.3 Å². The van der Waals surface area contributed by atoms with Gasteiger partial charge in [0, 0.05) is 56.3 Å². The number of carbonyl (C=O) groups is 1. The molecule has 0 radical (unpaired) electrons. The van der Waals surface area contributed by atoms with E-state index in [1.807, 2.05) is 11.3 Å². The Morgan fingerprint density at radius 1 is 1.08 bits per heavy atom. The lowest BCUT2D eigenvalue weighted by atomic mass is 10.2. The Morgan fingerprint density at radius 2 is 1.84 bits per heavy atom. The van der Waals surface area contributed by atoms with Crippen molar-refractivity contribution in [3.05, 3.63) is 52.5 Å². The summed E-state index contributed by atoms with van der Waals surface area (Å²) in [7, 11) is 0. The molecular weight excluding hydrogens is 337 g/mol. The van der Waals surface area contributed by atoms with Crippen LogP contribution < -0.4 is 5.32 Å². The van der Waals surface area contributed by atoms with E-state index >= 15 is 0 Å². The van der Waals surface area contributed by atoms with Crippen molar-refractivity contribution in [3.63, 3.8) is 0 Å². The van der Waals surface area contributed by atoms with Gasteiger partial charge in [-0.25, -0.2) is 4.39 Å². The fraction of sp³-hybridized carbons (Fsp3) is 0.421. The molecule has 1 aliphatic rings. The first-order chi connectivity index (χ1) is 12.2. The third kappa shape index (κ3) is 5.92. The third-order valence-corrected chi connectivity index (χ3v) is 5.42. The minimum Gasteiger partial charge on any atom is -0.326 e. The summed E-state index contributed by atoms with van der Waals surface area (Å²) >= 11 is 1.82. The third-order valence-electron chi connectivity index (χ3n) is 4.48. The highest BCUT2D eigenvalue weighted by Gasteiger charge is 2.17. The van der Waals surface area contributed by atoms with E-state index in [1.165, 1.54) is 17.0 Å². The van der Waals surface area contributed by atoms with Crippen LogP contribution in [0, 0.1) is 5.82 Å². The lowest BCUT2D eigenvalue weighted by molar-refractivity contribution is -0.116. The lowest BCUT2D eigenvalue weighted by Crippen LogP contribution is -2.47. The van der Waals surface area contributed by atoms with Crippen LogP contribution in [0.15, 0.2) is 41.8 Å². The van der Waals surface area contributed by atoms with Crippen LogP contribution in [0.25, 0.3) is 0 Å². The molecule has 0 unspecified atom stereocenters. The Morgan fingerprint density at radius 3 is 2.52 bits per heavy atom. The summed E-state index contributed by atoms with van der Waals surface area (Å²) in [6.07, 6.45) is 1.55. The Hall–Kier alpha value is -1.76. The second kappa shape index (κ2) is 9.08. The summed E-state index contributed by atoms with van der Waals surface area (Å²) in [5, 5.41) is 4.88. The van der Waals surface area contributed by atoms with E-state index in [-0.39, 0.29) is 11.7 Å². The number of nitrogens with zero attached hydrogens (tertiary/aromatic N) is 2. The minimum absolute atomic E-state index is 0.0641. The number of halogens is 1. The molecule has 1 N–H and O–H groups in total.